The van der Waals surface area contributed by atoms with E-state index in [-0.39, 0.29) is 17.2 Å². The fraction of sp³-hybridized carbons (Fsp3) is 0.208. The van der Waals surface area contributed by atoms with Crippen LogP contribution in [0.2, 0.25) is 0 Å². The summed E-state index contributed by atoms with van der Waals surface area (Å²) in [4.78, 5) is 24.8. The van der Waals surface area contributed by atoms with Crippen LogP contribution in [0.15, 0.2) is 66.5 Å². The predicted octanol–water partition coefficient (Wildman–Crippen LogP) is 4.08. The van der Waals surface area contributed by atoms with E-state index in [9.17, 15) is 14.7 Å². The van der Waals surface area contributed by atoms with Gasteiger partial charge in [-0.3, -0.25) is 4.79 Å². The number of nitrogens with one attached hydrogen (secondary N) is 2. The maximum absolute atomic E-state index is 13.0. The van der Waals surface area contributed by atoms with E-state index in [1.807, 2.05) is 55.5 Å². The van der Waals surface area contributed by atoms with Crippen molar-refractivity contribution in [2.75, 3.05) is 17.2 Å². The van der Waals surface area contributed by atoms with E-state index in [2.05, 4.69) is 22.7 Å². The normalized spacial score (nSPS) is 14.7. The van der Waals surface area contributed by atoms with Gasteiger partial charge in [-0.25, -0.2) is 9.48 Å². The van der Waals surface area contributed by atoms with E-state index in [1.165, 1.54) is 11.8 Å². The lowest BCUT2D eigenvalue weighted by Crippen LogP contribution is -2.26. The first-order chi connectivity index (χ1) is 15.5. The Balaban J connectivity index is 1.71. The maximum Gasteiger partial charge on any atom is 0.352 e. The first-order valence-electron chi connectivity index (χ1n) is 10.4. The predicted molar refractivity (Wildman–Crippen MR) is 121 cm³/mol. The van der Waals surface area contributed by atoms with Gasteiger partial charge >= 0.3 is 5.97 Å². The van der Waals surface area contributed by atoms with Gasteiger partial charge in [0.1, 0.15) is 28.9 Å². The maximum atomic E-state index is 13.0. The molecule has 1 unspecified atom stereocenters. The second kappa shape index (κ2) is 8.97. The molecule has 0 saturated heterocycles. The van der Waals surface area contributed by atoms with Crippen molar-refractivity contribution in [3.63, 3.8) is 0 Å². The summed E-state index contributed by atoms with van der Waals surface area (Å²) >= 11 is 0. The Morgan fingerprint density at radius 1 is 1.16 bits per heavy atom. The second-order valence-electron chi connectivity index (χ2n) is 7.28. The highest BCUT2D eigenvalue weighted by Gasteiger charge is 2.30. The van der Waals surface area contributed by atoms with Gasteiger partial charge in [0.2, 0.25) is 0 Å². The molecule has 0 bridgehead atoms. The SMILES string of the molecule is CCOc1ccccc1C1C=C(C(=O)O)Nc2c(C(=O)Nc3ccc(CC)cc3)cnn21. The number of aliphatic carboxylic acids is 1. The van der Waals surface area contributed by atoms with Gasteiger partial charge in [0, 0.05) is 11.3 Å². The highest BCUT2D eigenvalue weighted by Crippen LogP contribution is 2.36. The lowest BCUT2D eigenvalue weighted by atomic mass is 10.0. The Labute approximate surface area is 185 Å². The third kappa shape index (κ3) is 4.07. The van der Waals surface area contributed by atoms with Crippen LogP contribution in [-0.2, 0) is 11.2 Å². The van der Waals surface area contributed by atoms with Crippen LogP contribution in [0.25, 0.3) is 0 Å². The van der Waals surface area contributed by atoms with Gasteiger partial charge in [0.25, 0.3) is 5.91 Å². The smallest absolute Gasteiger partial charge is 0.352 e. The van der Waals surface area contributed by atoms with Crippen molar-refractivity contribution in [2.24, 2.45) is 0 Å². The molecule has 1 amide bonds. The summed E-state index contributed by atoms with van der Waals surface area (Å²) in [6.45, 7) is 4.41. The molecule has 8 heteroatoms. The molecule has 0 fully saturated rings. The summed E-state index contributed by atoms with van der Waals surface area (Å²) in [5.41, 5.74) is 2.78. The Hall–Kier alpha value is -4.07. The molecule has 4 rings (SSSR count). The molecule has 0 aliphatic carbocycles. The number of benzene rings is 2. The lowest BCUT2D eigenvalue weighted by Gasteiger charge is -2.25. The minimum atomic E-state index is -1.13. The molecule has 1 aliphatic heterocycles. The molecule has 3 N–H and O–H groups in total. The number of fused-ring (bicyclic) bond motifs is 1. The topological polar surface area (TPSA) is 105 Å². The summed E-state index contributed by atoms with van der Waals surface area (Å²) < 4.78 is 7.33. The first-order valence-corrected chi connectivity index (χ1v) is 10.4. The van der Waals surface area contributed by atoms with Crippen LogP contribution in [-0.4, -0.2) is 33.4 Å². The van der Waals surface area contributed by atoms with E-state index >= 15 is 0 Å². The fourth-order valence-corrected chi connectivity index (χ4v) is 3.64. The van der Waals surface area contributed by atoms with Crippen LogP contribution in [0.4, 0.5) is 11.5 Å². The van der Waals surface area contributed by atoms with E-state index in [4.69, 9.17) is 4.74 Å². The largest absolute Gasteiger partial charge is 0.494 e. The summed E-state index contributed by atoms with van der Waals surface area (Å²) in [5.74, 6) is -0.570. The van der Waals surface area contributed by atoms with Gasteiger partial charge in [-0.15, -0.1) is 0 Å². The highest BCUT2D eigenvalue weighted by atomic mass is 16.5. The number of aryl methyl sites for hydroxylation is 1. The highest BCUT2D eigenvalue weighted by molar-refractivity contribution is 6.08. The van der Waals surface area contributed by atoms with Crippen molar-refractivity contribution < 1.29 is 19.4 Å². The zero-order valence-corrected chi connectivity index (χ0v) is 17.8. The van der Waals surface area contributed by atoms with E-state index in [0.29, 0.717) is 23.9 Å². The number of anilines is 2. The molecule has 1 atom stereocenters. The molecule has 2 aromatic carbocycles. The monoisotopic (exact) mass is 432 g/mol. The number of carbonyl (C=O) groups is 2. The molecule has 0 saturated carbocycles. The third-order valence-electron chi connectivity index (χ3n) is 5.27. The number of rotatable bonds is 7. The number of carboxylic acid groups (broad SMARTS) is 1. The standard InChI is InChI=1S/C24H24N4O4/c1-3-15-9-11-16(12-10-15)26-23(29)18-14-25-28-20(13-19(24(30)31)27-22(18)28)17-7-5-6-8-21(17)32-4-2/h5-14,20,27H,3-4H2,1-2H3,(H,26,29)(H,30,31). The van der Waals surface area contributed by atoms with Crippen LogP contribution in [0, 0.1) is 0 Å². The van der Waals surface area contributed by atoms with Crippen molar-refractivity contribution in [1.82, 2.24) is 9.78 Å². The molecule has 8 nitrogen and oxygen atoms in total. The number of carbonyl (C=O) groups excluding carboxylic acids is 1. The Bertz CT molecular complexity index is 1180. The van der Waals surface area contributed by atoms with Crippen LogP contribution in [0.5, 0.6) is 5.75 Å². The van der Waals surface area contributed by atoms with Gasteiger partial charge in [-0.2, -0.15) is 5.10 Å². The van der Waals surface area contributed by atoms with Gasteiger partial charge in [-0.05, 0) is 43.2 Å². The summed E-state index contributed by atoms with van der Waals surface area (Å²) in [6.07, 6.45) is 3.91. The summed E-state index contributed by atoms with van der Waals surface area (Å²) in [5, 5.41) is 19.8. The summed E-state index contributed by atoms with van der Waals surface area (Å²) in [6, 6.07) is 14.4. The van der Waals surface area contributed by atoms with Crippen LogP contribution < -0.4 is 15.4 Å². The molecule has 1 aromatic heterocycles. The van der Waals surface area contributed by atoms with Crippen LogP contribution in [0.3, 0.4) is 0 Å². The van der Waals surface area contributed by atoms with E-state index in [1.54, 1.807) is 10.8 Å². The average molecular weight is 432 g/mol. The van der Waals surface area contributed by atoms with Gasteiger partial charge in [0.05, 0.1) is 12.8 Å². The molecule has 32 heavy (non-hydrogen) atoms. The van der Waals surface area contributed by atoms with Crippen LogP contribution in [0.1, 0.15) is 41.4 Å². The number of hydrogen-bond donors (Lipinski definition) is 3. The first kappa shape index (κ1) is 21.2. The number of nitrogens with zero attached hydrogens (tertiary/aromatic N) is 2. The Morgan fingerprint density at radius 3 is 2.59 bits per heavy atom. The number of aromatic nitrogens is 2. The number of para-hydroxylation sites is 1. The number of allylic oxidation sites excluding steroid dienone is 1. The van der Waals surface area contributed by atoms with E-state index in [0.717, 1.165) is 12.0 Å². The quantitative estimate of drug-likeness (QED) is 0.520. The molecule has 0 radical (unpaired) electrons. The minimum Gasteiger partial charge on any atom is -0.494 e. The van der Waals surface area contributed by atoms with Crippen molar-refractivity contribution in [2.45, 2.75) is 26.3 Å². The summed E-state index contributed by atoms with van der Waals surface area (Å²) in [7, 11) is 0. The lowest BCUT2D eigenvalue weighted by molar-refractivity contribution is -0.132. The van der Waals surface area contributed by atoms with Gasteiger partial charge in [-0.1, -0.05) is 37.3 Å². The second-order valence-corrected chi connectivity index (χ2v) is 7.28. The number of hydrogen-bond acceptors (Lipinski definition) is 5. The van der Waals surface area contributed by atoms with Gasteiger partial charge in [0.15, 0.2) is 0 Å². The van der Waals surface area contributed by atoms with Gasteiger partial charge < -0.3 is 20.5 Å². The van der Waals surface area contributed by atoms with E-state index < -0.39 is 12.0 Å². The van der Waals surface area contributed by atoms with Crippen molar-refractivity contribution in [3.8, 4) is 5.75 Å². The van der Waals surface area contributed by atoms with Crippen molar-refractivity contribution in [3.05, 3.63) is 83.2 Å². The van der Waals surface area contributed by atoms with Crippen LogP contribution >= 0.6 is 0 Å². The molecule has 0 spiro atoms. The number of ether oxygens (including phenoxy) is 1. The molecular weight excluding hydrogens is 408 g/mol. The fourth-order valence-electron chi connectivity index (χ4n) is 3.64. The minimum absolute atomic E-state index is 0.0318. The number of amides is 1. The third-order valence-corrected chi connectivity index (χ3v) is 5.27. The Morgan fingerprint density at radius 2 is 1.91 bits per heavy atom. The average Bonchev–Trinajstić information content (AvgIpc) is 3.24. The molecule has 1 aliphatic rings. The Kier molecular flexibility index (Phi) is 5.93. The molecule has 2 heterocycles. The molecule has 3 aromatic rings. The number of carboxylic acids is 1. The zero-order chi connectivity index (χ0) is 22.7. The van der Waals surface area contributed by atoms with Crippen molar-refractivity contribution >= 4 is 23.4 Å². The van der Waals surface area contributed by atoms with Crippen molar-refractivity contribution in [1.29, 1.82) is 0 Å². The molecule has 164 valence electrons. The zero-order valence-electron chi connectivity index (χ0n) is 17.8. The molecular formula is C24H24N4O4.